The van der Waals surface area contributed by atoms with Gasteiger partial charge in [0.25, 0.3) is 0 Å². The zero-order chi connectivity index (χ0) is 27.2. The van der Waals surface area contributed by atoms with Gasteiger partial charge >= 0.3 is 268 Å². The summed E-state index contributed by atoms with van der Waals surface area (Å²) in [4.78, 5) is 0. The second-order valence-electron chi connectivity index (χ2n) is 10.8. The van der Waals surface area contributed by atoms with Crippen LogP contribution >= 0.6 is 0 Å². The van der Waals surface area contributed by atoms with Crippen molar-refractivity contribution < 1.29 is 9.47 Å². The molecule has 0 saturated heterocycles. The molecule has 2 aliphatic rings. The monoisotopic (exact) mass is 652 g/mol. The summed E-state index contributed by atoms with van der Waals surface area (Å²) in [7, 11) is 0. The Hall–Kier alpha value is -3.51. The van der Waals surface area contributed by atoms with Gasteiger partial charge in [0.05, 0.1) is 0 Å². The first-order valence-electron chi connectivity index (χ1n) is 14.2. The molecule has 2 aliphatic heterocycles. The average Bonchev–Trinajstić information content (AvgIpc) is 3.03. The fourth-order valence-electron chi connectivity index (χ4n) is 6.68. The molecule has 0 bridgehead atoms. The maximum atomic E-state index is 6.57. The van der Waals surface area contributed by atoms with E-state index in [-0.39, 0.29) is 11.8 Å². The number of hydrogen-bond acceptors (Lipinski definition) is 2. The Balaban J connectivity index is 1.30. The fourth-order valence-corrected chi connectivity index (χ4v) is 13.1. The van der Waals surface area contributed by atoms with Crippen molar-refractivity contribution in [2.24, 2.45) is 0 Å². The molecular weight excluding hydrogens is 626 g/mol. The molecule has 0 spiro atoms. The van der Waals surface area contributed by atoms with Gasteiger partial charge in [-0.1, -0.05) is 0 Å². The topological polar surface area (TPSA) is 18.5 Å². The summed E-state index contributed by atoms with van der Waals surface area (Å²) in [5.41, 5.74) is 7.76. The third kappa shape index (κ3) is 4.48. The molecule has 2 atom stereocenters. The van der Waals surface area contributed by atoms with Crippen LogP contribution in [0.25, 0.3) is 0 Å². The van der Waals surface area contributed by atoms with Crippen LogP contribution in [-0.2, 0) is 0 Å². The molecule has 0 fully saturated rings. The van der Waals surface area contributed by atoms with Crippen molar-refractivity contribution in [2.75, 3.05) is 0 Å². The van der Waals surface area contributed by atoms with Crippen LogP contribution in [0.1, 0.15) is 45.2 Å². The van der Waals surface area contributed by atoms with E-state index in [0.717, 1.165) is 23.0 Å². The van der Waals surface area contributed by atoms with Gasteiger partial charge in [-0.3, -0.25) is 0 Å². The molecule has 192 valence electrons. The van der Waals surface area contributed by atoms with Crippen molar-refractivity contribution in [3.63, 3.8) is 0 Å². The van der Waals surface area contributed by atoms with E-state index in [2.05, 4.69) is 146 Å². The van der Waals surface area contributed by atoms with Crippen molar-refractivity contribution in [1.29, 1.82) is 0 Å². The molecule has 0 saturated carbocycles. The number of benzene rings is 6. The number of rotatable bonds is 4. The van der Waals surface area contributed by atoms with E-state index < -0.39 is 44.2 Å². The molecule has 41 heavy (non-hydrogen) atoms. The zero-order valence-corrected chi connectivity index (χ0v) is 27.0. The van der Waals surface area contributed by atoms with Gasteiger partial charge in [0.2, 0.25) is 0 Å². The fraction of sp³-hybridized carbons (Fsp3) is 0.0526. The van der Waals surface area contributed by atoms with E-state index in [9.17, 15) is 0 Å². The van der Waals surface area contributed by atoms with E-state index in [1.807, 2.05) is 0 Å². The molecule has 2 nitrogen and oxygen atoms in total. The molecule has 0 N–H and O–H groups in total. The molecule has 2 unspecified atom stereocenters. The van der Waals surface area contributed by atoms with Crippen molar-refractivity contribution in [3.05, 3.63) is 179 Å². The average molecular weight is 652 g/mol. The Morgan fingerprint density at radius 3 is 1.22 bits per heavy atom. The summed E-state index contributed by atoms with van der Waals surface area (Å²) in [6.07, 6.45) is 0. The molecule has 3 heteroatoms. The van der Waals surface area contributed by atoms with E-state index in [1.165, 1.54) is 33.4 Å². The molecule has 6 aromatic rings. The number of ether oxygens (including phenoxy) is 2. The first-order valence-corrected chi connectivity index (χ1v) is 18.7. The summed E-state index contributed by atoms with van der Waals surface area (Å²) < 4.78 is 16.1. The number of hydrogen-bond donors (Lipinski definition) is 0. The van der Waals surface area contributed by atoms with Crippen LogP contribution < -0.4 is 9.54 Å². The Kier molecular flexibility index (Phi) is 6.59. The molecule has 0 aromatic heterocycles. The summed E-state index contributed by atoms with van der Waals surface area (Å²) in [5, 5.41) is 0. The van der Waals surface area contributed by atoms with Crippen LogP contribution in [0, 0.1) is 0 Å². The van der Waals surface area contributed by atoms with Gasteiger partial charge in [-0.25, -0.2) is 0 Å². The minimum absolute atomic E-state index is 0.147. The molecule has 0 amide bonds. The Morgan fingerprint density at radius 1 is 0.366 bits per heavy atom. The Morgan fingerprint density at radius 2 is 0.756 bits per heavy atom. The van der Waals surface area contributed by atoms with Crippen molar-refractivity contribution in [1.82, 2.24) is 0 Å². The van der Waals surface area contributed by atoms with Crippen LogP contribution in [0.4, 0.5) is 0 Å². The molecule has 8 rings (SSSR count). The van der Waals surface area contributed by atoms with E-state index >= 15 is 0 Å². The van der Waals surface area contributed by atoms with Crippen LogP contribution in [-0.4, -0.2) is 44.2 Å². The quantitative estimate of drug-likeness (QED) is 0.180. The van der Waals surface area contributed by atoms with Gasteiger partial charge in [-0.2, -0.15) is 0 Å². The van der Waals surface area contributed by atoms with E-state index in [0.29, 0.717) is 0 Å². The first kappa shape index (κ1) is 25.2. The number of fused-ring (bicyclic) bond motifs is 4. The van der Waals surface area contributed by atoms with Crippen LogP contribution in [0.3, 0.4) is 0 Å². The van der Waals surface area contributed by atoms with E-state index in [1.54, 1.807) is 0 Å². The van der Waals surface area contributed by atoms with Crippen molar-refractivity contribution in [3.8, 4) is 23.0 Å². The van der Waals surface area contributed by atoms with Gasteiger partial charge in [-0.05, 0) is 0 Å². The second-order valence-corrected chi connectivity index (χ2v) is 16.7. The summed E-state index contributed by atoms with van der Waals surface area (Å²) in [6.45, 7) is 0. The molecule has 0 aliphatic carbocycles. The van der Waals surface area contributed by atoms with Gasteiger partial charge < -0.3 is 0 Å². The van der Waals surface area contributed by atoms with Crippen molar-refractivity contribution in [2.45, 2.75) is 11.8 Å². The third-order valence-corrected chi connectivity index (χ3v) is 14.7. The normalized spacial score (nSPS) is 16.1. The van der Waals surface area contributed by atoms with Crippen LogP contribution in [0.15, 0.2) is 146 Å². The second kappa shape index (κ2) is 10.7. The minimum atomic E-state index is -1.97. The summed E-state index contributed by atoms with van der Waals surface area (Å²) in [6, 6.07) is 52.2. The van der Waals surface area contributed by atoms with Gasteiger partial charge in [-0.15, -0.1) is 0 Å². The first-order chi connectivity index (χ1) is 20.3. The molecule has 2 heterocycles. The zero-order valence-electron chi connectivity index (χ0n) is 22.5. The van der Waals surface area contributed by atoms with Crippen molar-refractivity contribution >= 4 is 44.2 Å². The molecular formula is C38H26BaO2. The van der Waals surface area contributed by atoms with Crippen LogP contribution in [0.5, 0.6) is 23.0 Å². The van der Waals surface area contributed by atoms with Gasteiger partial charge in [0.15, 0.2) is 0 Å². The van der Waals surface area contributed by atoms with Crippen LogP contribution in [0.2, 0.25) is 0 Å². The predicted octanol–water partition coefficient (Wildman–Crippen LogP) is 7.91. The summed E-state index contributed by atoms with van der Waals surface area (Å²) in [5.74, 6) is 4.17. The SMILES string of the molecule is c1ccc(C2c3ccccc3Oc3ccc[c]([Ba][c]4cccc5c4C(c4ccccc4)c4ccccc4O5)c32)cc1. The van der Waals surface area contributed by atoms with Gasteiger partial charge in [0, 0.05) is 0 Å². The Labute approximate surface area is 264 Å². The Bertz CT molecular complexity index is 1740. The number of para-hydroxylation sites is 2. The van der Waals surface area contributed by atoms with E-state index in [4.69, 9.17) is 9.47 Å². The predicted molar refractivity (Wildman–Crippen MR) is 166 cm³/mol. The maximum absolute atomic E-state index is 6.57. The third-order valence-electron chi connectivity index (χ3n) is 8.44. The molecule has 6 aromatic carbocycles. The standard InChI is InChI=1S/2C19H13O.Ba/c2*1-2-8-14(9-3-1)19-15-10-4-6-12-17(15)20-18-13-7-5-11-16(18)19;/h2*1-10,12-13,19H;. The van der Waals surface area contributed by atoms with Gasteiger partial charge in [0.1, 0.15) is 0 Å². The summed E-state index contributed by atoms with van der Waals surface area (Å²) >= 11 is -1.97. The molecule has 0 radical (unpaired) electrons.